The molecule has 0 aliphatic heterocycles. The molecule has 0 aliphatic carbocycles. The van der Waals surface area contributed by atoms with E-state index in [1.54, 1.807) is 0 Å². The zero-order chi connectivity index (χ0) is 12.2. The summed E-state index contributed by atoms with van der Waals surface area (Å²) >= 11 is 1.86. The maximum atomic E-state index is 3.54. The van der Waals surface area contributed by atoms with Gasteiger partial charge in [-0.3, -0.25) is 0 Å². The lowest BCUT2D eigenvalue weighted by Gasteiger charge is -2.21. The van der Waals surface area contributed by atoms with Crippen molar-refractivity contribution >= 4 is 17.4 Å². The first-order valence-electron chi connectivity index (χ1n) is 5.91. The number of hydrogen-bond donors (Lipinski definition) is 1. The van der Waals surface area contributed by atoms with Gasteiger partial charge < -0.3 is 5.32 Å². The minimum atomic E-state index is 0.194. The van der Waals surface area contributed by atoms with Gasteiger partial charge in [-0.25, -0.2) is 0 Å². The first-order chi connectivity index (χ1) is 7.40. The van der Waals surface area contributed by atoms with Crippen LogP contribution in [0.25, 0.3) is 6.08 Å². The molecular weight excluding hydrogens is 214 g/mol. The predicted molar refractivity (Wildman–Crippen MR) is 75.1 cm³/mol. The summed E-state index contributed by atoms with van der Waals surface area (Å²) in [6.45, 7) is 12.0. The van der Waals surface area contributed by atoms with Crippen molar-refractivity contribution in [1.29, 1.82) is 0 Å². The van der Waals surface area contributed by atoms with E-state index in [-0.39, 0.29) is 5.54 Å². The van der Waals surface area contributed by atoms with Gasteiger partial charge in [-0.05, 0) is 52.3 Å². The zero-order valence-corrected chi connectivity index (χ0v) is 11.9. The zero-order valence-electron chi connectivity index (χ0n) is 11.1. The third-order valence-electron chi connectivity index (χ3n) is 2.41. The third kappa shape index (κ3) is 4.95. The lowest BCUT2D eigenvalue weighted by Crippen LogP contribution is -2.36. The number of hydrogen-bond acceptors (Lipinski definition) is 2. The van der Waals surface area contributed by atoms with Gasteiger partial charge in [0.05, 0.1) is 0 Å². The summed E-state index contributed by atoms with van der Waals surface area (Å²) in [5.41, 5.74) is 1.66. The summed E-state index contributed by atoms with van der Waals surface area (Å²) in [6.07, 6.45) is 3.43. The van der Waals surface area contributed by atoms with Crippen molar-refractivity contribution in [1.82, 2.24) is 5.32 Å². The van der Waals surface area contributed by atoms with Crippen molar-refractivity contribution in [2.24, 2.45) is 0 Å². The second-order valence-corrected chi connectivity index (χ2v) is 6.53. The normalized spacial score (nSPS) is 13.2. The van der Waals surface area contributed by atoms with Crippen molar-refractivity contribution in [2.75, 3.05) is 6.54 Å². The molecule has 1 aromatic heterocycles. The van der Waals surface area contributed by atoms with Gasteiger partial charge in [-0.1, -0.05) is 12.5 Å². The molecule has 90 valence electrons. The van der Waals surface area contributed by atoms with Crippen LogP contribution in [0.1, 0.15) is 43.9 Å². The molecule has 1 aromatic rings. The van der Waals surface area contributed by atoms with Crippen LogP contribution in [0, 0.1) is 6.92 Å². The molecule has 0 amide bonds. The van der Waals surface area contributed by atoms with E-state index in [2.05, 4.69) is 58.1 Å². The molecule has 0 saturated carbocycles. The molecule has 0 aliphatic rings. The minimum absolute atomic E-state index is 0.194. The molecule has 16 heavy (non-hydrogen) atoms. The molecule has 0 fully saturated rings. The van der Waals surface area contributed by atoms with Crippen molar-refractivity contribution < 1.29 is 0 Å². The maximum absolute atomic E-state index is 3.54. The molecule has 1 N–H and O–H groups in total. The van der Waals surface area contributed by atoms with Crippen LogP contribution in [-0.4, -0.2) is 12.1 Å². The second-order valence-electron chi connectivity index (χ2n) is 5.21. The van der Waals surface area contributed by atoms with E-state index in [0.717, 1.165) is 13.0 Å². The SMILES string of the molecule is CCC(=Cc1ccc(C)s1)CNC(C)(C)C. The predicted octanol–water partition coefficient (Wildman–Crippen LogP) is 4.24. The molecule has 2 heteroatoms. The van der Waals surface area contributed by atoms with Crippen LogP contribution in [0.5, 0.6) is 0 Å². The molecule has 1 nitrogen and oxygen atoms in total. The van der Waals surface area contributed by atoms with Gasteiger partial charge >= 0.3 is 0 Å². The number of nitrogens with one attached hydrogen (secondary N) is 1. The van der Waals surface area contributed by atoms with Gasteiger partial charge in [-0.2, -0.15) is 0 Å². The highest BCUT2D eigenvalue weighted by molar-refractivity contribution is 7.12. The quantitative estimate of drug-likeness (QED) is 0.826. The Morgan fingerprint density at radius 2 is 2.06 bits per heavy atom. The lowest BCUT2D eigenvalue weighted by atomic mass is 10.1. The topological polar surface area (TPSA) is 12.0 Å². The van der Waals surface area contributed by atoms with Crippen molar-refractivity contribution in [3.8, 4) is 0 Å². The standard InChI is InChI=1S/C14H23NS/c1-6-12(10-15-14(3,4)5)9-13-8-7-11(2)16-13/h7-9,15H,6,10H2,1-5H3. The molecule has 0 saturated heterocycles. The fraction of sp³-hybridized carbons (Fsp3) is 0.571. The van der Waals surface area contributed by atoms with E-state index in [4.69, 9.17) is 0 Å². The van der Waals surface area contributed by atoms with Crippen LogP contribution in [0.15, 0.2) is 17.7 Å². The van der Waals surface area contributed by atoms with Crippen molar-refractivity contribution in [3.63, 3.8) is 0 Å². The van der Waals surface area contributed by atoms with Gasteiger partial charge in [0.25, 0.3) is 0 Å². The third-order valence-corrected chi connectivity index (χ3v) is 3.36. The van der Waals surface area contributed by atoms with E-state index in [0.29, 0.717) is 0 Å². The first kappa shape index (κ1) is 13.5. The smallest absolute Gasteiger partial charge is 0.0273 e. The monoisotopic (exact) mass is 237 g/mol. The summed E-state index contributed by atoms with van der Waals surface area (Å²) in [5, 5.41) is 3.54. The summed E-state index contributed by atoms with van der Waals surface area (Å²) < 4.78 is 0. The summed E-state index contributed by atoms with van der Waals surface area (Å²) in [5.74, 6) is 0. The molecular formula is C14H23NS. The summed E-state index contributed by atoms with van der Waals surface area (Å²) in [6, 6.07) is 4.38. The van der Waals surface area contributed by atoms with Crippen molar-refractivity contribution in [3.05, 3.63) is 27.5 Å². The molecule has 0 unspecified atom stereocenters. The Kier molecular flexibility index (Phi) is 4.75. The average molecular weight is 237 g/mol. The maximum Gasteiger partial charge on any atom is 0.0273 e. The number of aryl methyl sites for hydroxylation is 1. The van der Waals surface area contributed by atoms with Crippen molar-refractivity contribution in [2.45, 2.75) is 46.6 Å². The minimum Gasteiger partial charge on any atom is -0.308 e. The number of rotatable bonds is 4. The Labute approximate surface area is 104 Å². The Balaban J connectivity index is 2.64. The fourth-order valence-electron chi connectivity index (χ4n) is 1.39. The largest absolute Gasteiger partial charge is 0.308 e. The highest BCUT2D eigenvalue weighted by atomic mass is 32.1. The molecule has 0 spiro atoms. The average Bonchev–Trinajstić information content (AvgIpc) is 2.57. The first-order valence-corrected chi connectivity index (χ1v) is 6.73. The Morgan fingerprint density at radius 3 is 2.50 bits per heavy atom. The van der Waals surface area contributed by atoms with Crippen LogP contribution in [0.3, 0.4) is 0 Å². The van der Waals surface area contributed by atoms with E-state index < -0.39 is 0 Å². The molecule has 0 atom stereocenters. The summed E-state index contributed by atoms with van der Waals surface area (Å²) in [4.78, 5) is 2.75. The Morgan fingerprint density at radius 1 is 1.38 bits per heavy atom. The van der Waals surface area contributed by atoms with Crippen LogP contribution in [-0.2, 0) is 0 Å². The molecule has 0 bridgehead atoms. The second kappa shape index (κ2) is 5.65. The van der Waals surface area contributed by atoms with E-state index in [1.165, 1.54) is 15.3 Å². The van der Waals surface area contributed by atoms with Crippen LogP contribution >= 0.6 is 11.3 Å². The van der Waals surface area contributed by atoms with Gasteiger partial charge in [0.1, 0.15) is 0 Å². The Bertz CT molecular complexity index is 355. The molecule has 0 aromatic carbocycles. The van der Waals surface area contributed by atoms with Crippen LogP contribution < -0.4 is 5.32 Å². The highest BCUT2D eigenvalue weighted by Crippen LogP contribution is 2.19. The van der Waals surface area contributed by atoms with E-state index in [1.807, 2.05) is 11.3 Å². The lowest BCUT2D eigenvalue weighted by molar-refractivity contribution is 0.443. The highest BCUT2D eigenvalue weighted by Gasteiger charge is 2.08. The fourth-order valence-corrected chi connectivity index (χ4v) is 2.26. The molecule has 0 radical (unpaired) electrons. The van der Waals surface area contributed by atoms with Gasteiger partial charge in [0.15, 0.2) is 0 Å². The Hall–Kier alpha value is -0.600. The molecule has 1 rings (SSSR count). The number of thiophene rings is 1. The molecule has 1 heterocycles. The van der Waals surface area contributed by atoms with E-state index in [9.17, 15) is 0 Å². The van der Waals surface area contributed by atoms with Crippen LogP contribution in [0.4, 0.5) is 0 Å². The van der Waals surface area contributed by atoms with Crippen LogP contribution in [0.2, 0.25) is 0 Å². The van der Waals surface area contributed by atoms with Gasteiger partial charge in [0.2, 0.25) is 0 Å². The van der Waals surface area contributed by atoms with E-state index >= 15 is 0 Å². The van der Waals surface area contributed by atoms with Gasteiger partial charge in [0, 0.05) is 21.8 Å². The summed E-state index contributed by atoms with van der Waals surface area (Å²) in [7, 11) is 0. The van der Waals surface area contributed by atoms with Gasteiger partial charge in [-0.15, -0.1) is 11.3 Å².